The van der Waals surface area contributed by atoms with Crippen molar-refractivity contribution in [2.24, 2.45) is 5.73 Å². The van der Waals surface area contributed by atoms with Crippen LogP contribution in [-0.4, -0.2) is 10.8 Å². The minimum atomic E-state index is -0.0909. The SMILES string of the molecule is CCCCC(=O)C(N)=S. The molecule has 0 aliphatic rings. The number of unbranched alkanes of at least 4 members (excludes halogenated alkanes) is 1. The van der Waals surface area contributed by atoms with E-state index < -0.39 is 0 Å². The smallest absolute Gasteiger partial charge is 0.189 e. The van der Waals surface area contributed by atoms with Gasteiger partial charge in [-0.1, -0.05) is 25.6 Å². The lowest BCUT2D eigenvalue weighted by molar-refractivity contribution is -0.112. The maximum atomic E-state index is 10.6. The summed E-state index contributed by atoms with van der Waals surface area (Å²) in [6.07, 6.45) is 2.40. The van der Waals surface area contributed by atoms with Crippen LogP contribution in [0.2, 0.25) is 0 Å². The second-order valence-electron chi connectivity index (χ2n) is 1.89. The fourth-order valence-electron chi connectivity index (χ4n) is 0.461. The molecule has 0 aliphatic heterocycles. The molecule has 2 N–H and O–H groups in total. The van der Waals surface area contributed by atoms with E-state index in [1.807, 2.05) is 6.92 Å². The van der Waals surface area contributed by atoms with Crippen LogP contribution in [-0.2, 0) is 4.79 Å². The van der Waals surface area contributed by atoms with E-state index in [0.29, 0.717) is 6.42 Å². The van der Waals surface area contributed by atoms with Gasteiger partial charge in [0.1, 0.15) is 4.99 Å². The first-order valence-corrected chi connectivity index (χ1v) is 3.42. The van der Waals surface area contributed by atoms with Gasteiger partial charge in [-0.25, -0.2) is 0 Å². The molecule has 0 unspecified atom stereocenters. The van der Waals surface area contributed by atoms with Crippen LogP contribution in [0.5, 0.6) is 0 Å². The zero-order valence-electron chi connectivity index (χ0n) is 5.52. The average Bonchev–Trinajstić information content (AvgIpc) is 1.82. The molecule has 0 bridgehead atoms. The van der Waals surface area contributed by atoms with Crippen molar-refractivity contribution in [3.63, 3.8) is 0 Å². The van der Waals surface area contributed by atoms with Gasteiger partial charge in [0.25, 0.3) is 0 Å². The average molecular weight is 145 g/mol. The molecule has 0 atom stereocenters. The van der Waals surface area contributed by atoms with E-state index in [1.165, 1.54) is 0 Å². The summed E-state index contributed by atoms with van der Waals surface area (Å²) >= 11 is 4.46. The number of carbonyl (C=O) groups is 1. The second-order valence-corrected chi connectivity index (χ2v) is 2.33. The molecule has 0 rings (SSSR count). The van der Waals surface area contributed by atoms with Crippen molar-refractivity contribution in [1.82, 2.24) is 0 Å². The van der Waals surface area contributed by atoms with Crippen molar-refractivity contribution in [2.45, 2.75) is 26.2 Å². The zero-order chi connectivity index (χ0) is 7.28. The van der Waals surface area contributed by atoms with Gasteiger partial charge in [0.2, 0.25) is 0 Å². The molecule has 0 radical (unpaired) electrons. The third-order valence-corrected chi connectivity index (χ3v) is 1.26. The lowest BCUT2D eigenvalue weighted by Gasteiger charge is -1.93. The molecule has 0 spiro atoms. The van der Waals surface area contributed by atoms with E-state index in [4.69, 9.17) is 5.73 Å². The van der Waals surface area contributed by atoms with Gasteiger partial charge in [-0.15, -0.1) is 0 Å². The largest absolute Gasteiger partial charge is 0.387 e. The molecule has 2 nitrogen and oxygen atoms in total. The third kappa shape index (κ3) is 4.09. The van der Waals surface area contributed by atoms with Crippen LogP contribution in [0.25, 0.3) is 0 Å². The molecule has 0 aliphatic carbocycles. The van der Waals surface area contributed by atoms with Crippen molar-refractivity contribution in [3.8, 4) is 0 Å². The first-order valence-electron chi connectivity index (χ1n) is 3.01. The Balaban J connectivity index is 3.39. The number of carbonyl (C=O) groups excluding carboxylic acids is 1. The first kappa shape index (κ1) is 8.56. The summed E-state index contributed by atoms with van der Waals surface area (Å²) < 4.78 is 0. The fourth-order valence-corrected chi connectivity index (χ4v) is 0.563. The molecule has 3 heteroatoms. The summed E-state index contributed by atoms with van der Waals surface area (Å²) in [5.41, 5.74) is 5.06. The number of Topliss-reactive ketones (excluding diaryl/α,β-unsaturated/α-hetero) is 1. The van der Waals surface area contributed by atoms with E-state index in [9.17, 15) is 4.79 Å². The Morgan fingerprint density at radius 3 is 2.56 bits per heavy atom. The van der Waals surface area contributed by atoms with E-state index in [-0.39, 0.29) is 10.8 Å². The van der Waals surface area contributed by atoms with Crippen molar-refractivity contribution < 1.29 is 4.79 Å². The zero-order valence-corrected chi connectivity index (χ0v) is 6.33. The standard InChI is InChI=1S/C6H11NOS/c1-2-3-4-5(8)6(7)9/h2-4H2,1H3,(H2,7,9). The number of nitrogens with two attached hydrogens (primary N) is 1. The molecule has 0 saturated carbocycles. The summed E-state index contributed by atoms with van der Waals surface area (Å²) in [6.45, 7) is 2.02. The van der Waals surface area contributed by atoms with E-state index in [0.717, 1.165) is 12.8 Å². The molecular formula is C6H11NOS. The van der Waals surface area contributed by atoms with Gasteiger partial charge in [-0.3, -0.25) is 4.79 Å². The van der Waals surface area contributed by atoms with Gasteiger partial charge >= 0.3 is 0 Å². The van der Waals surface area contributed by atoms with Crippen molar-refractivity contribution in [1.29, 1.82) is 0 Å². The van der Waals surface area contributed by atoms with Crippen LogP contribution >= 0.6 is 12.2 Å². The Hall–Kier alpha value is -0.440. The molecular weight excluding hydrogens is 134 g/mol. The number of hydrogen-bond donors (Lipinski definition) is 1. The topological polar surface area (TPSA) is 43.1 Å². The summed E-state index contributed by atoms with van der Waals surface area (Å²) in [7, 11) is 0. The van der Waals surface area contributed by atoms with Gasteiger partial charge in [0.05, 0.1) is 0 Å². The lowest BCUT2D eigenvalue weighted by atomic mass is 10.2. The molecule has 52 valence electrons. The van der Waals surface area contributed by atoms with E-state index >= 15 is 0 Å². The predicted molar refractivity (Wildman–Crippen MR) is 41.3 cm³/mol. The van der Waals surface area contributed by atoms with Crippen LogP contribution < -0.4 is 5.73 Å². The van der Waals surface area contributed by atoms with E-state index in [1.54, 1.807) is 0 Å². The normalized spacial score (nSPS) is 9.00. The van der Waals surface area contributed by atoms with E-state index in [2.05, 4.69) is 12.2 Å². The maximum Gasteiger partial charge on any atom is 0.189 e. The second kappa shape index (κ2) is 4.44. The highest BCUT2D eigenvalue weighted by atomic mass is 32.1. The number of hydrogen-bond acceptors (Lipinski definition) is 2. The van der Waals surface area contributed by atoms with Crippen molar-refractivity contribution in [3.05, 3.63) is 0 Å². The summed E-state index contributed by atoms with van der Waals surface area (Å²) in [6, 6.07) is 0. The third-order valence-electron chi connectivity index (χ3n) is 1.03. The summed E-state index contributed by atoms with van der Waals surface area (Å²) in [5, 5.41) is 0. The highest BCUT2D eigenvalue weighted by molar-refractivity contribution is 7.82. The Bertz CT molecular complexity index is 122. The highest BCUT2D eigenvalue weighted by Crippen LogP contribution is 1.94. The van der Waals surface area contributed by atoms with Crippen LogP contribution in [0.1, 0.15) is 26.2 Å². The Morgan fingerprint density at radius 2 is 2.22 bits per heavy atom. The van der Waals surface area contributed by atoms with Crippen LogP contribution in [0.3, 0.4) is 0 Å². The Kier molecular flexibility index (Phi) is 4.22. The summed E-state index contributed by atoms with van der Waals surface area (Å²) in [5.74, 6) is -0.0909. The Morgan fingerprint density at radius 1 is 1.67 bits per heavy atom. The molecule has 0 saturated heterocycles. The molecule has 0 amide bonds. The molecule has 0 aromatic heterocycles. The van der Waals surface area contributed by atoms with Gasteiger partial charge in [-0.05, 0) is 6.42 Å². The molecule has 0 aromatic rings. The number of rotatable bonds is 4. The maximum absolute atomic E-state index is 10.6. The van der Waals surface area contributed by atoms with Crippen molar-refractivity contribution >= 4 is 23.0 Å². The van der Waals surface area contributed by atoms with Crippen LogP contribution in [0.4, 0.5) is 0 Å². The van der Waals surface area contributed by atoms with Crippen LogP contribution in [0.15, 0.2) is 0 Å². The number of ketones is 1. The van der Waals surface area contributed by atoms with Gasteiger partial charge < -0.3 is 5.73 Å². The van der Waals surface area contributed by atoms with Crippen molar-refractivity contribution in [2.75, 3.05) is 0 Å². The van der Waals surface area contributed by atoms with Gasteiger partial charge in [0.15, 0.2) is 5.78 Å². The molecule has 0 heterocycles. The molecule has 0 aromatic carbocycles. The minimum absolute atomic E-state index is 0.0171. The number of thiocarbonyl (C=S) groups is 1. The first-order chi connectivity index (χ1) is 4.18. The molecule has 9 heavy (non-hydrogen) atoms. The quantitative estimate of drug-likeness (QED) is 0.601. The lowest BCUT2D eigenvalue weighted by Crippen LogP contribution is -2.20. The monoisotopic (exact) mass is 145 g/mol. The summed E-state index contributed by atoms with van der Waals surface area (Å²) in [4.78, 5) is 10.7. The highest BCUT2D eigenvalue weighted by Gasteiger charge is 2.01. The Labute approximate surface area is 60.4 Å². The van der Waals surface area contributed by atoms with Gasteiger partial charge in [0, 0.05) is 6.42 Å². The van der Waals surface area contributed by atoms with Gasteiger partial charge in [-0.2, -0.15) is 0 Å². The fraction of sp³-hybridized carbons (Fsp3) is 0.667. The minimum Gasteiger partial charge on any atom is -0.387 e. The predicted octanol–water partition coefficient (Wildman–Crippen LogP) is 1.03. The van der Waals surface area contributed by atoms with Crippen LogP contribution in [0, 0.1) is 0 Å². The molecule has 0 fully saturated rings.